The fourth-order valence-electron chi connectivity index (χ4n) is 2.27. The van der Waals surface area contributed by atoms with E-state index in [2.05, 4.69) is 4.74 Å². The van der Waals surface area contributed by atoms with Gasteiger partial charge in [0.25, 0.3) is 0 Å². The van der Waals surface area contributed by atoms with E-state index in [0.717, 1.165) is 0 Å². The number of ether oxygens (including phenoxy) is 1. The monoisotopic (exact) mass is 333 g/mol. The molecule has 0 spiro atoms. The number of hydroxylamine groups is 1. The number of benzene rings is 1. The number of carbonyl (C=O) groups excluding carboxylic acids is 1. The van der Waals surface area contributed by atoms with Gasteiger partial charge in [-0.3, -0.25) is 4.84 Å². The van der Waals surface area contributed by atoms with Crippen molar-refractivity contribution in [2.75, 3.05) is 7.11 Å². The molecule has 0 amide bonds. The van der Waals surface area contributed by atoms with Crippen LogP contribution in [0.4, 0.5) is 0 Å². The fourth-order valence-corrected chi connectivity index (χ4v) is 3.01. The molecule has 0 saturated carbocycles. The van der Waals surface area contributed by atoms with Gasteiger partial charge in [-0.2, -0.15) is 0 Å². The molecule has 0 radical (unpaired) electrons. The Morgan fingerprint density at radius 3 is 2.76 bits per heavy atom. The third kappa shape index (κ3) is 3.74. The summed E-state index contributed by atoms with van der Waals surface area (Å²) < 4.78 is 27.9. The number of nitrogens with zero attached hydrogens (tertiary/aromatic N) is 1. The van der Waals surface area contributed by atoms with E-state index in [0.29, 0.717) is 23.1 Å². The topological polar surface area (TPSA) is 72.9 Å². The zero-order chi connectivity index (χ0) is 15.6. The Morgan fingerprint density at radius 1 is 1.52 bits per heavy atom. The minimum Gasteiger partial charge on any atom is -0.465 e. The first kappa shape index (κ1) is 16.2. The predicted octanol–water partition coefficient (Wildman–Crippen LogP) is 1.81. The van der Waals surface area contributed by atoms with Gasteiger partial charge in [-0.15, -0.1) is 0 Å². The van der Waals surface area contributed by atoms with Gasteiger partial charge in [-0.25, -0.2) is 13.2 Å². The first-order valence-electron chi connectivity index (χ1n) is 6.37. The van der Waals surface area contributed by atoms with Crippen molar-refractivity contribution in [3.63, 3.8) is 0 Å². The van der Waals surface area contributed by atoms with Crippen LogP contribution in [0.25, 0.3) is 0 Å². The van der Waals surface area contributed by atoms with Crippen molar-refractivity contribution in [1.82, 2.24) is 4.58 Å². The standard InChI is InChI=1S/C13H16ClNO5S/c1-8-5-12(20-15(8)14)11-6-9(13(16)19-2)3-4-10(11)7-21(17)18/h3-4,6,8,12,21H,5,7H2,1-2H3. The van der Waals surface area contributed by atoms with E-state index in [1.165, 1.54) is 11.7 Å². The van der Waals surface area contributed by atoms with Crippen molar-refractivity contribution in [1.29, 1.82) is 0 Å². The smallest absolute Gasteiger partial charge is 0.337 e. The second kappa shape index (κ2) is 6.74. The summed E-state index contributed by atoms with van der Waals surface area (Å²) in [6.45, 7) is 1.89. The SMILES string of the molecule is COC(=O)c1ccc(C[SH](=O)=O)c(C2CC(C)N(Cl)O2)c1. The molecule has 2 atom stereocenters. The van der Waals surface area contributed by atoms with Crippen LogP contribution in [0.1, 0.15) is 40.9 Å². The Morgan fingerprint density at radius 2 is 2.24 bits per heavy atom. The van der Waals surface area contributed by atoms with Crippen molar-refractivity contribution in [2.45, 2.75) is 31.2 Å². The van der Waals surface area contributed by atoms with Crippen molar-refractivity contribution >= 4 is 28.5 Å². The van der Waals surface area contributed by atoms with Crippen molar-refractivity contribution in [3.05, 3.63) is 34.9 Å². The molecule has 1 aromatic carbocycles. The quantitative estimate of drug-likeness (QED) is 0.514. The second-order valence-electron chi connectivity index (χ2n) is 4.85. The molecule has 6 nitrogen and oxygen atoms in total. The molecule has 1 aliphatic heterocycles. The van der Waals surface area contributed by atoms with E-state index in [-0.39, 0.29) is 17.9 Å². The molecule has 0 bridgehead atoms. The van der Waals surface area contributed by atoms with Gasteiger partial charge < -0.3 is 4.74 Å². The molecule has 0 aromatic heterocycles. The van der Waals surface area contributed by atoms with Crippen LogP contribution in [0.2, 0.25) is 0 Å². The molecule has 1 aliphatic rings. The first-order chi connectivity index (χ1) is 9.92. The third-order valence-electron chi connectivity index (χ3n) is 3.34. The molecular formula is C13H16ClNO5S. The minimum absolute atomic E-state index is 0.00712. The highest BCUT2D eigenvalue weighted by Crippen LogP contribution is 2.36. The Balaban J connectivity index is 2.40. The van der Waals surface area contributed by atoms with E-state index >= 15 is 0 Å². The van der Waals surface area contributed by atoms with Crippen molar-refractivity contribution < 1.29 is 22.8 Å². The lowest BCUT2D eigenvalue weighted by molar-refractivity contribution is -0.0887. The van der Waals surface area contributed by atoms with E-state index in [1.54, 1.807) is 18.2 Å². The Bertz CT molecular complexity index is 601. The number of halogens is 1. The number of hydrogen-bond donors (Lipinski definition) is 1. The molecule has 21 heavy (non-hydrogen) atoms. The van der Waals surface area contributed by atoms with E-state index in [9.17, 15) is 13.2 Å². The van der Waals surface area contributed by atoms with E-state index < -0.39 is 16.7 Å². The van der Waals surface area contributed by atoms with Crippen LogP contribution >= 0.6 is 11.8 Å². The number of rotatable bonds is 4. The van der Waals surface area contributed by atoms with Crippen molar-refractivity contribution in [3.8, 4) is 0 Å². The van der Waals surface area contributed by atoms with Gasteiger partial charge in [-0.1, -0.05) is 10.6 Å². The summed E-state index contributed by atoms with van der Waals surface area (Å²) in [7, 11) is -1.29. The first-order valence-corrected chi connectivity index (χ1v) is 8.07. The van der Waals surface area contributed by atoms with Gasteiger partial charge >= 0.3 is 5.97 Å². The molecule has 1 saturated heterocycles. The molecule has 116 valence electrons. The largest absolute Gasteiger partial charge is 0.465 e. The second-order valence-corrected chi connectivity index (χ2v) is 6.16. The maximum Gasteiger partial charge on any atom is 0.337 e. The van der Waals surface area contributed by atoms with Gasteiger partial charge in [0.15, 0.2) is 0 Å². The van der Waals surface area contributed by atoms with Gasteiger partial charge in [-0.05, 0) is 36.6 Å². The summed E-state index contributed by atoms with van der Waals surface area (Å²) in [5.74, 6) is -0.592. The maximum absolute atomic E-state index is 11.6. The molecule has 2 unspecified atom stereocenters. The number of esters is 1. The van der Waals surface area contributed by atoms with Crippen LogP contribution < -0.4 is 0 Å². The number of methoxy groups -OCH3 is 1. The van der Waals surface area contributed by atoms with Crippen LogP contribution in [0, 0.1) is 0 Å². The van der Waals surface area contributed by atoms with Crippen LogP contribution in [-0.4, -0.2) is 32.1 Å². The normalized spacial score (nSPS) is 22.7. The van der Waals surface area contributed by atoms with Crippen molar-refractivity contribution in [2.24, 2.45) is 0 Å². The molecule has 8 heteroatoms. The van der Waals surface area contributed by atoms with Gasteiger partial charge in [0, 0.05) is 11.8 Å². The van der Waals surface area contributed by atoms with Crippen LogP contribution in [-0.2, 0) is 26.0 Å². The summed E-state index contributed by atoms with van der Waals surface area (Å²) in [6.07, 6.45) is 0.226. The Hall–Kier alpha value is -1.15. The molecule has 1 aromatic rings. The Labute approximate surface area is 129 Å². The highest BCUT2D eigenvalue weighted by atomic mass is 35.5. The lowest BCUT2D eigenvalue weighted by Gasteiger charge is -2.15. The van der Waals surface area contributed by atoms with Gasteiger partial charge in [0.1, 0.15) is 16.8 Å². The summed E-state index contributed by atoms with van der Waals surface area (Å²) in [4.78, 5) is 17.1. The Kier molecular flexibility index (Phi) is 5.21. The lowest BCUT2D eigenvalue weighted by atomic mass is 9.97. The molecule has 0 N–H and O–H groups in total. The number of carbonyl (C=O) groups is 1. The average Bonchev–Trinajstić information content (AvgIpc) is 2.77. The molecule has 1 fully saturated rings. The zero-order valence-electron chi connectivity index (χ0n) is 11.6. The highest BCUT2D eigenvalue weighted by Gasteiger charge is 2.32. The van der Waals surface area contributed by atoms with Crippen LogP contribution in [0.3, 0.4) is 0 Å². The minimum atomic E-state index is -2.58. The maximum atomic E-state index is 11.6. The molecule has 0 aliphatic carbocycles. The van der Waals surface area contributed by atoms with E-state index in [1.807, 2.05) is 6.92 Å². The molecule has 1 heterocycles. The average molecular weight is 334 g/mol. The highest BCUT2D eigenvalue weighted by molar-refractivity contribution is 7.71. The number of thiol groups is 1. The van der Waals surface area contributed by atoms with Crippen LogP contribution in [0.15, 0.2) is 18.2 Å². The fraction of sp³-hybridized carbons (Fsp3) is 0.462. The summed E-state index contributed by atoms with van der Waals surface area (Å²) in [5.41, 5.74) is 1.59. The zero-order valence-corrected chi connectivity index (χ0v) is 13.3. The van der Waals surface area contributed by atoms with Crippen LogP contribution in [0.5, 0.6) is 0 Å². The van der Waals surface area contributed by atoms with E-state index in [4.69, 9.17) is 16.6 Å². The summed E-state index contributed by atoms with van der Waals surface area (Å²) >= 11 is 5.90. The molecule has 2 rings (SSSR count). The summed E-state index contributed by atoms with van der Waals surface area (Å²) in [6, 6.07) is 4.75. The van der Waals surface area contributed by atoms with Gasteiger partial charge in [0.2, 0.25) is 0 Å². The van der Waals surface area contributed by atoms with Gasteiger partial charge in [0.05, 0.1) is 24.5 Å². The third-order valence-corrected chi connectivity index (χ3v) is 4.35. The number of hydrogen-bond acceptors (Lipinski definition) is 6. The predicted molar refractivity (Wildman–Crippen MR) is 77.4 cm³/mol. The lowest BCUT2D eigenvalue weighted by Crippen LogP contribution is -2.13. The molecular weight excluding hydrogens is 318 g/mol. The summed E-state index contributed by atoms with van der Waals surface area (Å²) in [5, 5.41) is 0.